The molecule has 1 aromatic rings. The number of carbonyl (C=O) groups is 1. The maximum atomic E-state index is 12.6. The molecule has 5 heteroatoms. The van der Waals surface area contributed by atoms with Gasteiger partial charge in [-0.05, 0) is 19.3 Å². The largest absolute Gasteiger partial charge is 0.331 e. The van der Waals surface area contributed by atoms with Crippen LogP contribution < -0.4 is 4.90 Å². The number of anilines is 1. The molecule has 0 N–H and O–H groups in total. The quantitative estimate of drug-likeness (QED) is 0.686. The number of piperidine rings is 1. The van der Waals surface area contributed by atoms with E-state index in [1.54, 1.807) is 0 Å². The van der Waals surface area contributed by atoms with Crippen LogP contribution in [0.4, 0.5) is 10.3 Å². The Kier molecular flexibility index (Phi) is 2.89. The summed E-state index contributed by atoms with van der Waals surface area (Å²) in [6, 6.07) is -0.163. The predicted molar refractivity (Wildman–Crippen MR) is 53.0 cm³/mol. The molecule has 1 saturated heterocycles. The van der Waals surface area contributed by atoms with Gasteiger partial charge in [-0.1, -0.05) is 0 Å². The molecule has 0 aromatic carbocycles. The first-order valence-electron chi connectivity index (χ1n) is 5.01. The van der Waals surface area contributed by atoms with E-state index in [4.69, 9.17) is 0 Å². The summed E-state index contributed by atoms with van der Waals surface area (Å²) in [6.45, 7) is 0.759. The smallest absolute Gasteiger partial charge is 0.226 e. The van der Waals surface area contributed by atoms with Crippen molar-refractivity contribution in [3.63, 3.8) is 0 Å². The van der Waals surface area contributed by atoms with Gasteiger partial charge in [0.1, 0.15) is 6.29 Å². The molecule has 1 atom stereocenters. The molecule has 0 aliphatic carbocycles. The predicted octanol–water partition coefficient (Wildman–Crippen LogP) is 1.17. The lowest BCUT2D eigenvalue weighted by Crippen LogP contribution is -2.41. The second-order valence-electron chi connectivity index (χ2n) is 3.59. The summed E-state index contributed by atoms with van der Waals surface area (Å²) in [6.07, 6.45) is 6.04. The van der Waals surface area contributed by atoms with E-state index in [1.807, 2.05) is 4.90 Å². The van der Waals surface area contributed by atoms with Crippen LogP contribution in [0.5, 0.6) is 0 Å². The third-order valence-electron chi connectivity index (χ3n) is 2.57. The monoisotopic (exact) mass is 209 g/mol. The van der Waals surface area contributed by atoms with Crippen LogP contribution in [0.2, 0.25) is 0 Å². The maximum absolute atomic E-state index is 12.6. The Morgan fingerprint density at radius 2 is 2.13 bits per heavy atom. The number of hydrogen-bond donors (Lipinski definition) is 0. The molecule has 1 fully saturated rings. The average molecular weight is 209 g/mol. The fourth-order valence-electron chi connectivity index (χ4n) is 1.80. The number of halogens is 1. The maximum Gasteiger partial charge on any atom is 0.226 e. The summed E-state index contributed by atoms with van der Waals surface area (Å²) in [5, 5.41) is 0. The molecule has 0 spiro atoms. The van der Waals surface area contributed by atoms with Gasteiger partial charge >= 0.3 is 0 Å². The van der Waals surface area contributed by atoms with Crippen molar-refractivity contribution in [2.75, 3.05) is 11.4 Å². The summed E-state index contributed by atoms with van der Waals surface area (Å²) in [5.74, 6) is -0.0217. The minimum atomic E-state index is -0.460. The van der Waals surface area contributed by atoms with Gasteiger partial charge < -0.3 is 9.69 Å². The van der Waals surface area contributed by atoms with E-state index < -0.39 is 5.82 Å². The van der Waals surface area contributed by atoms with E-state index in [2.05, 4.69) is 9.97 Å². The van der Waals surface area contributed by atoms with E-state index in [0.717, 1.165) is 44.5 Å². The summed E-state index contributed by atoms with van der Waals surface area (Å²) in [5.41, 5.74) is 0. The first kappa shape index (κ1) is 10.0. The fraction of sp³-hybridized carbons (Fsp3) is 0.500. The third-order valence-corrected chi connectivity index (χ3v) is 2.57. The topological polar surface area (TPSA) is 46.1 Å². The highest BCUT2D eigenvalue weighted by Crippen LogP contribution is 2.19. The minimum absolute atomic E-state index is 0.163. The molecule has 0 bridgehead atoms. The van der Waals surface area contributed by atoms with E-state index >= 15 is 0 Å². The summed E-state index contributed by atoms with van der Waals surface area (Å²) in [7, 11) is 0. The van der Waals surface area contributed by atoms with E-state index in [-0.39, 0.29) is 6.04 Å². The van der Waals surface area contributed by atoms with Crippen molar-refractivity contribution in [3.05, 3.63) is 18.2 Å². The fourth-order valence-corrected chi connectivity index (χ4v) is 1.80. The van der Waals surface area contributed by atoms with Crippen LogP contribution in [-0.2, 0) is 4.79 Å². The van der Waals surface area contributed by atoms with Crippen molar-refractivity contribution in [1.82, 2.24) is 9.97 Å². The molecule has 2 heterocycles. The van der Waals surface area contributed by atoms with Crippen LogP contribution in [0.1, 0.15) is 19.3 Å². The zero-order valence-corrected chi connectivity index (χ0v) is 8.27. The normalized spacial score (nSPS) is 21.4. The minimum Gasteiger partial charge on any atom is -0.331 e. The number of carbonyl (C=O) groups excluding carboxylic acids is 1. The lowest BCUT2D eigenvalue weighted by atomic mass is 10.0. The molecular formula is C10H12FN3O. The van der Waals surface area contributed by atoms with Crippen LogP contribution in [0.15, 0.2) is 12.4 Å². The average Bonchev–Trinajstić information content (AvgIpc) is 2.30. The summed E-state index contributed by atoms with van der Waals surface area (Å²) < 4.78 is 12.6. The molecular weight excluding hydrogens is 197 g/mol. The molecule has 1 aromatic heterocycles. The Morgan fingerprint density at radius 1 is 1.40 bits per heavy atom. The van der Waals surface area contributed by atoms with Crippen molar-refractivity contribution in [2.24, 2.45) is 0 Å². The number of hydrogen-bond acceptors (Lipinski definition) is 4. The Bertz CT molecular complexity index is 341. The lowest BCUT2D eigenvalue weighted by Gasteiger charge is -2.32. The van der Waals surface area contributed by atoms with Gasteiger partial charge in [-0.2, -0.15) is 0 Å². The van der Waals surface area contributed by atoms with Gasteiger partial charge in [0.15, 0.2) is 5.82 Å². The number of aldehydes is 1. The van der Waals surface area contributed by atoms with Gasteiger partial charge in [-0.15, -0.1) is 0 Å². The number of nitrogens with zero attached hydrogens (tertiary/aromatic N) is 3. The van der Waals surface area contributed by atoms with Gasteiger partial charge in [0, 0.05) is 6.54 Å². The third kappa shape index (κ3) is 2.11. The van der Waals surface area contributed by atoms with Gasteiger partial charge in [0.05, 0.1) is 18.4 Å². The van der Waals surface area contributed by atoms with Crippen molar-refractivity contribution >= 4 is 12.2 Å². The van der Waals surface area contributed by atoms with Crippen LogP contribution in [-0.4, -0.2) is 28.8 Å². The van der Waals surface area contributed by atoms with Crippen LogP contribution >= 0.6 is 0 Å². The Labute approximate surface area is 87.1 Å². The highest BCUT2D eigenvalue weighted by atomic mass is 19.1. The Hall–Kier alpha value is -1.52. The van der Waals surface area contributed by atoms with E-state index in [0.29, 0.717) is 5.95 Å². The zero-order valence-electron chi connectivity index (χ0n) is 8.27. The zero-order chi connectivity index (χ0) is 10.7. The van der Waals surface area contributed by atoms with Crippen LogP contribution in [0.3, 0.4) is 0 Å². The highest BCUT2D eigenvalue weighted by molar-refractivity contribution is 5.64. The Balaban J connectivity index is 2.20. The highest BCUT2D eigenvalue weighted by Gasteiger charge is 2.23. The Morgan fingerprint density at radius 3 is 2.80 bits per heavy atom. The van der Waals surface area contributed by atoms with Crippen molar-refractivity contribution in [2.45, 2.75) is 25.3 Å². The molecule has 0 amide bonds. The lowest BCUT2D eigenvalue weighted by molar-refractivity contribution is -0.109. The molecule has 1 aliphatic heterocycles. The molecule has 2 rings (SSSR count). The first-order chi connectivity index (χ1) is 7.31. The molecule has 0 saturated carbocycles. The molecule has 4 nitrogen and oxygen atoms in total. The van der Waals surface area contributed by atoms with Crippen LogP contribution in [0, 0.1) is 5.82 Å². The van der Waals surface area contributed by atoms with E-state index in [1.165, 1.54) is 0 Å². The van der Waals surface area contributed by atoms with Gasteiger partial charge in [0.2, 0.25) is 5.95 Å². The standard InChI is InChI=1S/C10H12FN3O/c11-8-5-12-10(13-6-8)14-4-2-1-3-9(14)7-15/h5-7,9H,1-4H2. The van der Waals surface area contributed by atoms with Crippen molar-refractivity contribution < 1.29 is 9.18 Å². The van der Waals surface area contributed by atoms with Crippen molar-refractivity contribution in [3.8, 4) is 0 Å². The number of rotatable bonds is 2. The van der Waals surface area contributed by atoms with Gasteiger partial charge in [-0.25, -0.2) is 14.4 Å². The summed E-state index contributed by atoms with van der Waals surface area (Å²) in [4.78, 5) is 20.4. The molecule has 1 aliphatic rings. The second kappa shape index (κ2) is 4.33. The van der Waals surface area contributed by atoms with Gasteiger partial charge in [-0.3, -0.25) is 0 Å². The first-order valence-corrected chi connectivity index (χ1v) is 5.01. The molecule has 80 valence electrons. The second-order valence-corrected chi connectivity index (χ2v) is 3.59. The van der Waals surface area contributed by atoms with E-state index in [9.17, 15) is 9.18 Å². The number of aromatic nitrogens is 2. The van der Waals surface area contributed by atoms with Crippen molar-refractivity contribution in [1.29, 1.82) is 0 Å². The molecule has 0 radical (unpaired) electrons. The SMILES string of the molecule is O=CC1CCCCN1c1ncc(F)cn1. The summed E-state index contributed by atoms with van der Waals surface area (Å²) >= 11 is 0. The molecule has 15 heavy (non-hydrogen) atoms. The molecule has 1 unspecified atom stereocenters. The van der Waals surface area contributed by atoms with Crippen LogP contribution in [0.25, 0.3) is 0 Å². The van der Waals surface area contributed by atoms with Gasteiger partial charge in [0.25, 0.3) is 0 Å².